The number of nitrogens with zero attached hydrogens (tertiary/aromatic N) is 1. The zero-order valence-electron chi connectivity index (χ0n) is 16.3. The van der Waals surface area contributed by atoms with Gasteiger partial charge in [-0.1, -0.05) is 18.2 Å². The first-order valence-electron chi connectivity index (χ1n) is 8.76. The van der Waals surface area contributed by atoms with Crippen molar-refractivity contribution < 1.29 is 23.8 Å². The van der Waals surface area contributed by atoms with Gasteiger partial charge in [0.25, 0.3) is 0 Å². The number of carbonyl (C=O) groups is 2. The SMILES string of the molecule is CCOC(=O)COc1c(Br)cc(C=NNC(=O)Nc2ccccc2C)cc1OC. The van der Waals surface area contributed by atoms with Gasteiger partial charge in [0, 0.05) is 5.69 Å². The van der Waals surface area contributed by atoms with Crippen molar-refractivity contribution in [1.82, 2.24) is 5.43 Å². The van der Waals surface area contributed by atoms with E-state index in [9.17, 15) is 9.59 Å². The van der Waals surface area contributed by atoms with Gasteiger partial charge in [-0.15, -0.1) is 0 Å². The Morgan fingerprint density at radius 2 is 2.00 bits per heavy atom. The number of hydrazone groups is 1. The number of hydrogen-bond donors (Lipinski definition) is 2. The highest BCUT2D eigenvalue weighted by Crippen LogP contribution is 2.36. The monoisotopic (exact) mass is 463 g/mol. The summed E-state index contributed by atoms with van der Waals surface area (Å²) < 4.78 is 16.2. The molecule has 29 heavy (non-hydrogen) atoms. The minimum atomic E-state index is -0.476. The second kappa shape index (κ2) is 11.1. The predicted octanol–water partition coefficient (Wildman–Crippen LogP) is 3.86. The van der Waals surface area contributed by atoms with Crippen LogP contribution in [0, 0.1) is 6.92 Å². The van der Waals surface area contributed by atoms with Crippen molar-refractivity contribution in [2.75, 3.05) is 25.6 Å². The number of ether oxygens (including phenoxy) is 3. The lowest BCUT2D eigenvalue weighted by Gasteiger charge is -2.13. The van der Waals surface area contributed by atoms with Crippen LogP contribution in [0.1, 0.15) is 18.1 Å². The van der Waals surface area contributed by atoms with Crippen LogP contribution in [0.15, 0.2) is 46.0 Å². The normalized spacial score (nSPS) is 10.5. The van der Waals surface area contributed by atoms with E-state index in [1.54, 1.807) is 25.1 Å². The molecule has 0 unspecified atom stereocenters. The molecule has 0 aliphatic rings. The molecule has 0 bridgehead atoms. The molecule has 9 heteroatoms. The maximum Gasteiger partial charge on any atom is 0.344 e. The number of hydrogen-bond acceptors (Lipinski definition) is 6. The molecule has 2 aromatic carbocycles. The number of amides is 2. The third-order valence-electron chi connectivity index (χ3n) is 3.66. The number of benzene rings is 2. The van der Waals surface area contributed by atoms with Crippen molar-refractivity contribution in [2.24, 2.45) is 5.10 Å². The lowest BCUT2D eigenvalue weighted by atomic mass is 10.2. The van der Waals surface area contributed by atoms with Gasteiger partial charge in [0.05, 0.1) is 24.4 Å². The molecule has 0 aliphatic carbocycles. The molecule has 0 radical (unpaired) electrons. The summed E-state index contributed by atoms with van der Waals surface area (Å²) in [6.07, 6.45) is 1.46. The molecule has 0 atom stereocenters. The average molecular weight is 464 g/mol. The fraction of sp³-hybridized carbons (Fsp3) is 0.250. The first-order chi connectivity index (χ1) is 13.9. The number of anilines is 1. The van der Waals surface area contributed by atoms with Crippen molar-refractivity contribution in [2.45, 2.75) is 13.8 Å². The zero-order valence-corrected chi connectivity index (χ0v) is 17.9. The first kappa shape index (κ1) is 22.2. The molecule has 2 amide bonds. The van der Waals surface area contributed by atoms with Crippen LogP contribution in [0.5, 0.6) is 11.5 Å². The number of methoxy groups -OCH3 is 1. The van der Waals surface area contributed by atoms with Gasteiger partial charge in [0.1, 0.15) is 0 Å². The summed E-state index contributed by atoms with van der Waals surface area (Å²) in [5, 5.41) is 6.65. The number of para-hydroxylation sites is 1. The molecule has 154 valence electrons. The van der Waals surface area contributed by atoms with Crippen LogP contribution < -0.4 is 20.2 Å². The Morgan fingerprint density at radius 3 is 2.69 bits per heavy atom. The summed E-state index contributed by atoms with van der Waals surface area (Å²) in [5.74, 6) is 0.286. The molecule has 0 heterocycles. The van der Waals surface area contributed by atoms with E-state index >= 15 is 0 Å². The van der Waals surface area contributed by atoms with Gasteiger partial charge in [0.15, 0.2) is 18.1 Å². The van der Waals surface area contributed by atoms with Gasteiger partial charge in [-0.25, -0.2) is 15.0 Å². The smallest absolute Gasteiger partial charge is 0.344 e. The van der Waals surface area contributed by atoms with Crippen LogP contribution in [0.4, 0.5) is 10.5 Å². The third kappa shape index (κ3) is 6.79. The Labute approximate surface area is 177 Å². The lowest BCUT2D eigenvalue weighted by molar-refractivity contribution is -0.145. The summed E-state index contributed by atoms with van der Waals surface area (Å²) in [6, 6.07) is 10.3. The van der Waals surface area contributed by atoms with E-state index in [1.165, 1.54) is 13.3 Å². The standard InChI is InChI=1S/C20H22BrN3O5/c1-4-28-18(25)12-29-19-15(21)9-14(10-17(19)27-3)11-22-24-20(26)23-16-8-6-5-7-13(16)2/h5-11H,4,12H2,1-3H3,(H2,23,24,26). The van der Waals surface area contributed by atoms with Crippen LogP contribution >= 0.6 is 15.9 Å². The number of esters is 1. The number of aryl methyl sites for hydroxylation is 1. The first-order valence-corrected chi connectivity index (χ1v) is 9.55. The molecule has 0 saturated carbocycles. The lowest BCUT2D eigenvalue weighted by Crippen LogP contribution is -2.24. The molecule has 0 spiro atoms. The molecule has 8 nitrogen and oxygen atoms in total. The van der Waals surface area contributed by atoms with Gasteiger partial charge >= 0.3 is 12.0 Å². The van der Waals surface area contributed by atoms with Gasteiger partial charge in [0.2, 0.25) is 0 Å². The predicted molar refractivity (Wildman–Crippen MR) is 114 cm³/mol. The number of carbonyl (C=O) groups excluding carboxylic acids is 2. The summed E-state index contributed by atoms with van der Waals surface area (Å²) in [5.41, 5.74) is 4.69. The highest BCUT2D eigenvalue weighted by atomic mass is 79.9. The van der Waals surface area contributed by atoms with Gasteiger partial charge in [-0.3, -0.25) is 0 Å². The second-order valence-electron chi connectivity index (χ2n) is 5.77. The largest absolute Gasteiger partial charge is 0.493 e. The van der Waals surface area contributed by atoms with E-state index in [0.29, 0.717) is 27.2 Å². The quantitative estimate of drug-likeness (QED) is 0.351. The van der Waals surface area contributed by atoms with Crippen LogP contribution in [-0.2, 0) is 9.53 Å². The van der Waals surface area contributed by atoms with Crippen LogP contribution in [0.25, 0.3) is 0 Å². The topological polar surface area (TPSA) is 98.3 Å². The van der Waals surface area contributed by atoms with E-state index < -0.39 is 12.0 Å². The van der Waals surface area contributed by atoms with Crippen molar-refractivity contribution in [3.63, 3.8) is 0 Å². The molecule has 0 saturated heterocycles. The van der Waals surface area contributed by atoms with E-state index in [2.05, 4.69) is 31.8 Å². The van der Waals surface area contributed by atoms with Gasteiger partial charge in [-0.2, -0.15) is 5.10 Å². The van der Waals surface area contributed by atoms with Crippen LogP contribution in [0.2, 0.25) is 0 Å². The van der Waals surface area contributed by atoms with E-state index in [-0.39, 0.29) is 13.2 Å². The molecule has 2 aromatic rings. The molecule has 0 fully saturated rings. The zero-order chi connectivity index (χ0) is 21.2. The van der Waals surface area contributed by atoms with Crippen molar-refractivity contribution >= 4 is 39.8 Å². The van der Waals surface area contributed by atoms with E-state index in [4.69, 9.17) is 14.2 Å². The van der Waals surface area contributed by atoms with E-state index in [0.717, 1.165) is 5.56 Å². The number of nitrogens with one attached hydrogen (secondary N) is 2. The number of urea groups is 1. The van der Waals surface area contributed by atoms with Crippen LogP contribution in [-0.4, -0.2) is 38.5 Å². The Balaban J connectivity index is 2.01. The minimum Gasteiger partial charge on any atom is -0.493 e. The minimum absolute atomic E-state index is 0.239. The van der Waals surface area contributed by atoms with Crippen molar-refractivity contribution in [3.8, 4) is 11.5 Å². The molecule has 0 aromatic heterocycles. The highest BCUT2D eigenvalue weighted by molar-refractivity contribution is 9.10. The Hall–Kier alpha value is -3.07. The van der Waals surface area contributed by atoms with Crippen molar-refractivity contribution in [3.05, 3.63) is 52.0 Å². The second-order valence-corrected chi connectivity index (χ2v) is 6.62. The molecule has 2 N–H and O–H groups in total. The van der Waals surface area contributed by atoms with Crippen LogP contribution in [0.3, 0.4) is 0 Å². The fourth-order valence-corrected chi connectivity index (χ4v) is 2.89. The Bertz CT molecular complexity index is 902. The molecular formula is C20H22BrN3O5. The van der Waals surface area contributed by atoms with Gasteiger partial charge in [-0.05, 0) is 59.1 Å². The molecule has 0 aliphatic heterocycles. The maximum atomic E-state index is 12.0. The number of halogens is 1. The summed E-state index contributed by atoms with van der Waals surface area (Å²) in [4.78, 5) is 23.4. The van der Waals surface area contributed by atoms with Crippen molar-refractivity contribution in [1.29, 1.82) is 0 Å². The van der Waals surface area contributed by atoms with E-state index in [1.807, 2.05) is 25.1 Å². The summed E-state index contributed by atoms with van der Waals surface area (Å²) in [6.45, 7) is 3.66. The summed E-state index contributed by atoms with van der Waals surface area (Å²) in [7, 11) is 1.48. The summed E-state index contributed by atoms with van der Waals surface area (Å²) >= 11 is 3.38. The highest BCUT2D eigenvalue weighted by Gasteiger charge is 2.13. The third-order valence-corrected chi connectivity index (χ3v) is 4.25. The Kier molecular flexibility index (Phi) is 8.47. The fourth-order valence-electron chi connectivity index (χ4n) is 2.32. The average Bonchev–Trinajstić information content (AvgIpc) is 2.68. The molecular weight excluding hydrogens is 442 g/mol. The maximum absolute atomic E-state index is 12.0. The van der Waals surface area contributed by atoms with Gasteiger partial charge < -0.3 is 19.5 Å². The number of rotatable bonds is 8. The molecule has 2 rings (SSSR count). The Morgan fingerprint density at radius 1 is 1.24 bits per heavy atom.